The molecule has 2 heterocycles. The van der Waals surface area contributed by atoms with Crippen LogP contribution in [0.15, 0.2) is 60.3 Å². The van der Waals surface area contributed by atoms with E-state index in [0.29, 0.717) is 11.3 Å². The summed E-state index contributed by atoms with van der Waals surface area (Å²) in [5, 5.41) is 12.1. The maximum atomic E-state index is 13.0. The number of urea groups is 1. The lowest BCUT2D eigenvalue weighted by Crippen LogP contribution is -2.54. The first-order valence-corrected chi connectivity index (χ1v) is 8.92. The van der Waals surface area contributed by atoms with Crippen LogP contribution in [0.3, 0.4) is 0 Å². The van der Waals surface area contributed by atoms with Gasteiger partial charge in [-0.25, -0.2) is 9.69 Å². The fraction of sp³-hybridized carbons (Fsp3) is 0.0909. The molecule has 0 unspecified atom stereocenters. The van der Waals surface area contributed by atoms with Crippen molar-refractivity contribution in [1.82, 2.24) is 9.88 Å². The van der Waals surface area contributed by atoms with E-state index < -0.39 is 17.8 Å². The number of aromatic nitrogens is 1. The zero-order valence-electron chi connectivity index (χ0n) is 15.5. The van der Waals surface area contributed by atoms with Crippen molar-refractivity contribution in [1.29, 1.82) is 5.26 Å². The number of benzene rings is 2. The molecule has 1 aliphatic rings. The molecule has 3 aromatic rings. The molecule has 0 bridgehead atoms. The van der Waals surface area contributed by atoms with Gasteiger partial charge in [0.15, 0.2) is 0 Å². The summed E-state index contributed by atoms with van der Waals surface area (Å²) in [6.07, 6.45) is 3.18. The van der Waals surface area contributed by atoms with Gasteiger partial charge in [-0.2, -0.15) is 5.26 Å². The first-order valence-electron chi connectivity index (χ1n) is 8.92. The summed E-state index contributed by atoms with van der Waals surface area (Å²) < 4.78 is 1.75. The van der Waals surface area contributed by atoms with Crippen LogP contribution >= 0.6 is 0 Å². The van der Waals surface area contributed by atoms with Gasteiger partial charge in [0, 0.05) is 22.7 Å². The Kier molecular flexibility index (Phi) is 4.45. The number of aryl methyl sites for hydroxylation is 1. The van der Waals surface area contributed by atoms with E-state index in [2.05, 4.69) is 11.4 Å². The molecule has 29 heavy (non-hydrogen) atoms. The van der Waals surface area contributed by atoms with Crippen LogP contribution in [0, 0.1) is 18.3 Å². The van der Waals surface area contributed by atoms with Crippen molar-refractivity contribution in [3.8, 4) is 6.07 Å². The van der Waals surface area contributed by atoms with Crippen molar-refractivity contribution in [3.63, 3.8) is 0 Å². The third-order valence-corrected chi connectivity index (χ3v) is 4.75. The highest BCUT2D eigenvalue weighted by Gasteiger charge is 2.36. The first kappa shape index (κ1) is 18.2. The molecule has 7 heteroatoms. The number of carbonyl (C=O) groups excluding carboxylic acids is 3. The molecular weight excluding hydrogens is 368 g/mol. The monoisotopic (exact) mass is 384 g/mol. The van der Waals surface area contributed by atoms with Crippen LogP contribution in [0.1, 0.15) is 11.1 Å². The number of nitriles is 1. The number of carbonyl (C=O) groups is 3. The highest BCUT2D eigenvalue weighted by Crippen LogP contribution is 2.26. The minimum absolute atomic E-state index is 0.137. The van der Waals surface area contributed by atoms with Gasteiger partial charge in [0.1, 0.15) is 12.1 Å². The average Bonchev–Trinajstić information content (AvgIpc) is 3.04. The van der Waals surface area contributed by atoms with Crippen molar-refractivity contribution in [3.05, 3.63) is 71.4 Å². The molecule has 1 N–H and O–H groups in total. The van der Waals surface area contributed by atoms with E-state index in [4.69, 9.17) is 5.26 Å². The zero-order valence-corrected chi connectivity index (χ0v) is 15.5. The number of amides is 4. The van der Waals surface area contributed by atoms with Crippen LogP contribution in [0.25, 0.3) is 17.0 Å². The van der Waals surface area contributed by atoms with Crippen molar-refractivity contribution in [2.45, 2.75) is 13.5 Å². The molecule has 0 radical (unpaired) electrons. The molecule has 142 valence electrons. The Labute approximate surface area is 166 Å². The number of fused-ring (bicyclic) bond motifs is 1. The fourth-order valence-electron chi connectivity index (χ4n) is 3.34. The SMILES string of the molecule is Cc1ccc(N2C(=O)NC(=O)/C(=C\c3cn(CC#N)c4ccccc34)C2=O)cc1. The molecule has 7 nitrogen and oxygen atoms in total. The lowest BCUT2D eigenvalue weighted by molar-refractivity contribution is -0.122. The standard InChI is InChI=1S/C22H16N4O3/c1-14-6-8-16(9-7-14)26-21(28)18(20(27)24-22(26)29)12-15-13-25(11-10-23)19-5-3-2-4-17(15)19/h2-9,12-13H,11H2,1H3,(H,24,27,29)/b18-12+. The van der Waals surface area contributed by atoms with Gasteiger partial charge in [0.05, 0.1) is 11.8 Å². The number of nitrogens with zero attached hydrogens (tertiary/aromatic N) is 3. The molecule has 4 amide bonds. The molecule has 1 fully saturated rings. The van der Waals surface area contributed by atoms with Crippen molar-refractivity contribution in [2.24, 2.45) is 0 Å². The van der Waals surface area contributed by atoms with Gasteiger partial charge in [-0.15, -0.1) is 0 Å². The Morgan fingerprint density at radius 2 is 1.79 bits per heavy atom. The smallest absolute Gasteiger partial charge is 0.333 e. The fourth-order valence-corrected chi connectivity index (χ4v) is 3.34. The Morgan fingerprint density at radius 1 is 1.07 bits per heavy atom. The Morgan fingerprint density at radius 3 is 2.52 bits per heavy atom. The molecular formula is C22H16N4O3. The molecule has 4 rings (SSSR count). The third-order valence-electron chi connectivity index (χ3n) is 4.75. The highest BCUT2D eigenvalue weighted by molar-refractivity contribution is 6.39. The maximum Gasteiger partial charge on any atom is 0.335 e. The molecule has 0 spiro atoms. The summed E-state index contributed by atoms with van der Waals surface area (Å²) in [6, 6.07) is 15.6. The van der Waals surface area contributed by atoms with Gasteiger partial charge in [-0.1, -0.05) is 35.9 Å². The maximum absolute atomic E-state index is 13.0. The van der Waals surface area contributed by atoms with Gasteiger partial charge in [-0.05, 0) is 31.2 Å². The summed E-state index contributed by atoms with van der Waals surface area (Å²) in [5.74, 6) is -1.44. The quantitative estimate of drug-likeness (QED) is 0.554. The number of hydrogen-bond acceptors (Lipinski definition) is 4. The summed E-state index contributed by atoms with van der Waals surface area (Å²) in [4.78, 5) is 38.7. The molecule has 1 aromatic heterocycles. The predicted octanol–water partition coefficient (Wildman–Crippen LogP) is 3.14. The van der Waals surface area contributed by atoms with Crippen LogP contribution < -0.4 is 10.2 Å². The van der Waals surface area contributed by atoms with Gasteiger partial charge in [-0.3, -0.25) is 14.9 Å². The van der Waals surface area contributed by atoms with Crippen LogP contribution in [-0.2, 0) is 16.1 Å². The topological polar surface area (TPSA) is 95.2 Å². The van der Waals surface area contributed by atoms with Crippen LogP contribution in [0.5, 0.6) is 0 Å². The molecule has 1 aliphatic heterocycles. The molecule has 0 aliphatic carbocycles. The van der Waals surface area contributed by atoms with Gasteiger partial charge >= 0.3 is 6.03 Å². The molecule has 0 atom stereocenters. The third kappa shape index (κ3) is 3.17. The number of para-hydroxylation sites is 1. The lowest BCUT2D eigenvalue weighted by atomic mass is 10.1. The van der Waals surface area contributed by atoms with E-state index in [-0.39, 0.29) is 12.1 Å². The second-order valence-corrected chi connectivity index (χ2v) is 6.68. The van der Waals surface area contributed by atoms with Crippen LogP contribution in [0.2, 0.25) is 0 Å². The number of imide groups is 2. The summed E-state index contributed by atoms with van der Waals surface area (Å²) in [6.45, 7) is 2.03. The summed E-state index contributed by atoms with van der Waals surface area (Å²) in [7, 11) is 0. The minimum Gasteiger partial charge on any atom is -0.333 e. The van der Waals surface area contributed by atoms with Crippen molar-refractivity contribution < 1.29 is 14.4 Å². The first-order chi connectivity index (χ1) is 14.0. The van der Waals surface area contributed by atoms with E-state index >= 15 is 0 Å². The number of rotatable bonds is 3. The van der Waals surface area contributed by atoms with Gasteiger partial charge in [0.25, 0.3) is 11.8 Å². The van der Waals surface area contributed by atoms with E-state index in [9.17, 15) is 14.4 Å². The Bertz CT molecular complexity index is 1230. The predicted molar refractivity (Wildman–Crippen MR) is 108 cm³/mol. The normalized spacial score (nSPS) is 15.7. The summed E-state index contributed by atoms with van der Waals surface area (Å²) >= 11 is 0. The van der Waals surface area contributed by atoms with Crippen molar-refractivity contribution in [2.75, 3.05) is 4.90 Å². The Hall–Kier alpha value is -4.18. The van der Waals surface area contributed by atoms with Gasteiger partial charge in [0.2, 0.25) is 0 Å². The number of hydrogen-bond donors (Lipinski definition) is 1. The second kappa shape index (κ2) is 7.09. The molecule has 2 aromatic carbocycles. The highest BCUT2D eigenvalue weighted by atomic mass is 16.2. The molecule has 1 saturated heterocycles. The number of anilines is 1. The van der Waals surface area contributed by atoms with Crippen LogP contribution in [-0.4, -0.2) is 22.4 Å². The van der Waals surface area contributed by atoms with Gasteiger partial charge < -0.3 is 4.57 Å². The average molecular weight is 384 g/mol. The zero-order chi connectivity index (χ0) is 20.5. The van der Waals surface area contributed by atoms with E-state index in [1.165, 1.54) is 6.08 Å². The van der Waals surface area contributed by atoms with E-state index in [1.807, 2.05) is 31.2 Å². The van der Waals surface area contributed by atoms with Crippen molar-refractivity contribution >= 4 is 40.5 Å². The summed E-state index contributed by atoms with van der Waals surface area (Å²) in [5.41, 5.74) is 2.65. The number of nitrogens with one attached hydrogen (secondary N) is 1. The van der Waals surface area contributed by atoms with E-state index in [0.717, 1.165) is 21.4 Å². The largest absolute Gasteiger partial charge is 0.335 e. The second-order valence-electron chi connectivity index (χ2n) is 6.68. The lowest BCUT2D eigenvalue weighted by Gasteiger charge is -2.26. The minimum atomic E-state index is -0.784. The van der Waals surface area contributed by atoms with E-state index in [1.54, 1.807) is 35.0 Å². The molecule has 0 saturated carbocycles. The number of barbiturate groups is 1. The Balaban J connectivity index is 1.81. The van der Waals surface area contributed by atoms with Crippen LogP contribution in [0.4, 0.5) is 10.5 Å².